The molecule has 5 heteroatoms. The summed E-state index contributed by atoms with van der Waals surface area (Å²) < 4.78 is 4.84. The fourth-order valence-corrected chi connectivity index (χ4v) is 8.67. The van der Waals surface area contributed by atoms with Crippen LogP contribution in [0.15, 0.2) is 176 Å². The highest BCUT2D eigenvalue weighted by Gasteiger charge is 2.35. The van der Waals surface area contributed by atoms with E-state index in [0.717, 1.165) is 33.5 Å². The van der Waals surface area contributed by atoms with E-state index in [1.165, 1.54) is 49.5 Å². The summed E-state index contributed by atoms with van der Waals surface area (Å²) in [7, 11) is 0. The first-order valence-electron chi connectivity index (χ1n) is 18.8. The molecule has 0 aliphatic carbocycles. The van der Waals surface area contributed by atoms with Crippen LogP contribution in [0.3, 0.4) is 0 Å². The Hall–Kier alpha value is -7.11. The van der Waals surface area contributed by atoms with Gasteiger partial charge in [0, 0.05) is 55.8 Å². The van der Waals surface area contributed by atoms with Gasteiger partial charge in [0.2, 0.25) is 0 Å². The van der Waals surface area contributed by atoms with E-state index in [1.807, 2.05) is 60.7 Å². The molecule has 0 fully saturated rings. The maximum Gasteiger partial charge on any atom is 0.164 e. The minimum Gasteiger partial charge on any atom is -0.316 e. The van der Waals surface area contributed by atoms with Gasteiger partial charge in [-0.05, 0) is 64.7 Å². The summed E-state index contributed by atoms with van der Waals surface area (Å²) in [5.41, 5.74) is 13.8. The number of nitrogens with zero attached hydrogens (tertiary/aromatic N) is 5. The number of hydrogen-bond acceptors (Lipinski definition) is 3. The van der Waals surface area contributed by atoms with Crippen LogP contribution in [0.5, 0.6) is 0 Å². The summed E-state index contributed by atoms with van der Waals surface area (Å²) >= 11 is 0. The molecule has 0 amide bonds. The van der Waals surface area contributed by atoms with Crippen molar-refractivity contribution in [1.29, 1.82) is 0 Å². The number of para-hydroxylation sites is 2. The van der Waals surface area contributed by atoms with Gasteiger partial charge < -0.3 is 9.13 Å². The SMILES string of the molecule is CC1(C)c2ccccc2-n2ccc3c2c1cc1c2ccccc2n(-c2ccc(-c4cccc(-c5nc(-c6ccccc6)nc(-c6ccccc6)n5)c4)cc2)c13. The summed E-state index contributed by atoms with van der Waals surface area (Å²) in [6, 6.07) is 60.1. The molecule has 260 valence electrons. The van der Waals surface area contributed by atoms with E-state index in [1.54, 1.807) is 0 Å². The molecule has 1 aliphatic rings. The minimum atomic E-state index is -0.135. The lowest BCUT2D eigenvalue weighted by atomic mass is 9.74. The van der Waals surface area contributed by atoms with Gasteiger partial charge in [-0.2, -0.15) is 0 Å². The minimum absolute atomic E-state index is 0.135. The Labute approximate surface area is 318 Å². The molecule has 0 N–H and O–H groups in total. The normalized spacial score (nSPS) is 13.1. The molecule has 55 heavy (non-hydrogen) atoms. The van der Waals surface area contributed by atoms with Crippen LogP contribution in [0.2, 0.25) is 0 Å². The second-order valence-electron chi connectivity index (χ2n) is 14.9. The van der Waals surface area contributed by atoms with Crippen LogP contribution in [0.4, 0.5) is 0 Å². The number of hydrogen-bond donors (Lipinski definition) is 0. The van der Waals surface area contributed by atoms with E-state index < -0.39 is 0 Å². The Balaban J connectivity index is 1.03. The molecular weight excluding hydrogens is 671 g/mol. The van der Waals surface area contributed by atoms with Gasteiger partial charge in [-0.25, -0.2) is 15.0 Å². The lowest BCUT2D eigenvalue weighted by molar-refractivity contribution is 0.629. The maximum absolute atomic E-state index is 4.98. The third-order valence-corrected chi connectivity index (χ3v) is 11.4. The summed E-state index contributed by atoms with van der Waals surface area (Å²) in [5, 5.41) is 3.81. The second-order valence-corrected chi connectivity index (χ2v) is 14.9. The molecule has 11 rings (SSSR count). The van der Waals surface area contributed by atoms with Crippen LogP contribution in [-0.2, 0) is 5.41 Å². The average molecular weight is 706 g/mol. The van der Waals surface area contributed by atoms with Gasteiger partial charge in [-0.3, -0.25) is 0 Å². The van der Waals surface area contributed by atoms with Gasteiger partial charge >= 0.3 is 0 Å². The van der Waals surface area contributed by atoms with Crippen LogP contribution in [-0.4, -0.2) is 24.1 Å². The number of rotatable bonds is 5. The molecule has 0 saturated heterocycles. The van der Waals surface area contributed by atoms with Crippen LogP contribution in [0.25, 0.3) is 89.4 Å². The van der Waals surface area contributed by atoms with Crippen LogP contribution < -0.4 is 0 Å². The summed E-state index contributed by atoms with van der Waals surface area (Å²) in [6.45, 7) is 4.72. The van der Waals surface area contributed by atoms with Crippen LogP contribution in [0.1, 0.15) is 25.0 Å². The molecule has 0 saturated carbocycles. The topological polar surface area (TPSA) is 48.5 Å². The van der Waals surface area contributed by atoms with Gasteiger partial charge in [0.05, 0.1) is 16.6 Å². The largest absolute Gasteiger partial charge is 0.316 e. The third-order valence-electron chi connectivity index (χ3n) is 11.4. The molecular formula is C50H35N5. The van der Waals surface area contributed by atoms with Gasteiger partial charge in [0.25, 0.3) is 0 Å². The standard InChI is InChI=1S/C50H35N5/c1-50(2)41-21-10-12-23-44(41)54-29-28-39-45-40(31-42(50)46(39)54)38-20-9-11-22-43(38)55(45)37-26-24-32(25-27-37)35-18-13-19-36(30-35)49-52-47(33-14-5-3-6-15-33)51-48(53-49)34-16-7-4-8-17-34/h3-31H,1-2H3. The molecule has 7 aromatic carbocycles. The first-order chi connectivity index (χ1) is 27.0. The highest BCUT2D eigenvalue weighted by Crippen LogP contribution is 2.48. The summed E-state index contributed by atoms with van der Waals surface area (Å²) in [4.78, 5) is 14.8. The average Bonchev–Trinajstić information content (AvgIpc) is 3.84. The summed E-state index contributed by atoms with van der Waals surface area (Å²) in [5.74, 6) is 1.95. The first-order valence-corrected chi connectivity index (χ1v) is 18.8. The van der Waals surface area contributed by atoms with Crippen molar-refractivity contribution in [2.75, 3.05) is 0 Å². The predicted molar refractivity (Wildman–Crippen MR) is 225 cm³/mol. The highest BCUT2D eigenvalue weighted by molar-refractivity contribution is 6.19. The monoisotopic (exact) mass is 705 g/mol. The summed E-state index contributed by atoms with van der Waals surface area (Å²) in [6.07, 6.45) is 2.25. The molecule has 3 aromatic heterocycles. The molecule has 1 aliphatic heterocycles. The Kier molecular flexibility index (Phi) is 6.83. The van der Waals surface area contributed by atoms with E-state index in [-0.39, 0.29) is 5.41 Å². The van der Waals surface area contributed by atoms with Crippen molar-refractivity contribution in [1.82, 2.24) is 24.1 Å². The quantitative estimate of drug-likeness (QED) is 0.179. The third kappa shape index (κ3) is 4.83. The lowest BCUT2D eigenvalue weighted by Gasteiger charge is -2.34. The Morgan fingerprint density at radius 2 is 1.02 bits per heavy atom. The zero-order valence-corrected chi connectivity index (χ0v) is 30.5. The van der Waals surface area contributed by atoms with Crippen molar-refractivity contribution in [2.24, 2.45) is 0 Å². The zero-order valence-electron chi connectivity index (χ0n) is 30.5. The zero-order chi connectivity index (χ0) is 36.7. The molecule has 0 spiro atoms. The van der Waals surface area contributed by atoms with Gasteiger partial charge in [-0.15, -0.1) is 0 Å². The van der Waals surface area contributed by atoms with Crippen molar-refractivity contribution in [3.8, 4) is 56.7 Å². The van der Waals surface area contributed by atoms with Crippen molar-refractivity contribution >= 4 is 32.7 Å². The molecule has 0 bridgehead atoms. The van der Waals surface area contributed by atoms with Crippen LogP contribution in [0, 0.1) is 0 Å². The molecule has 4 heterocycles. The molecule has 10 aromatic rings. The van der Waals surface area contributed by atoms with E-state index >= 15 is 0 Å². The van der Waals surface area contributed by atoms with Gasteiger partial charge in [-0.1, -0.05) is 141 Å². The van der Waals surface area contributed by atoms with Crippen molar-refractivity contribution in [3.63, 3.8) is 0 Å². The molecule has 0 unspecified atom stereocenters. The van der Waals surface area contributed by atoms with Gasteiger partial charge in [0.1, 0.15) is 0 Å². The predicted octanol–water partition coefficient (Wildman–Crippen LogP) is 12.2. The number of aromatic nitrogens is 5. The molecule has 0 atom stereocenters. The second kappa shape index (κ2) is 12.0. The fourth-order valence-electron chi connectivity index (χ4n) is 8.67. The first kappa shape index (κ1) is 31.4. The lowest BCUT2D eigenvalue weighted by Crippen LogP contribution is -2.26. The van der Waals surface area contributed by atoms with Crippen molar-refractivity contribution in [2.45, 2.75) is 19.3 Å². The van der Waals surface area contributed by atoms with Crippen molar-refractivity contribution in [3.05, 3.63) is 187 Å². The van der Waals surface area contributed by atoms with E-state index in [0.29, 0.717) is 17.5 Å². The smallest absolute Gasteiger partial charge is 0.164 e. The highest BCUT2D eigenvalue weighted by atomic mass is 15.0. The Morgan fingerprint density at radius 1 is 0.418 bits per heavy atom. The molecule has 0 radical (unpaired) electrons. The Bertz CT molecular complexity index is 3040. The van der Waals surface area contributed by atoms with E-state index in [2.05, 4.69) is 138 Å². The van der Waals surface area contributed by atoms with Crippen LogP contribution >= 0.6 is 0 Å². The maximum atomic E-state index is 4.98. The number of benzene rings is 7. The number of fused-ring (bicyclic) bond motifs is 6. The fraction of sp³-hybridized carbons (Fsp3) is 0.0600. The molecule has 5 nitrogen and oxygen atoms in total. The van der Waals surface area contributed by atoms with E-state index in [4.69, 9.17) is 15.0 Å². The Morgan fingerprint density at radius 3 is 1.75 bits per heavy atom. The van der Waals surface area contributed by atoms with Crippen molar-refractivity contribution < 1.29 is 0 Å². The van der Waals surface area contributed by atoms with Gasteiger partial charge in [0.15, 0.2) is 17.5 Å². The van der Waals surface area contributed by atoms with E-state index in [9.17, 15) is 0 Å².